The van der Waals surface area contributed by atoms with E-state index in [1.807, 2.05) is 0 Å². The van der Waals surface area contributed by atoms with Crippen molar-refractivity contribution in [1.29, 1.82) is 0 Å². The van der Waals surface area contributed by atoms with Gasteiger partial charge in [-0.15, -0.1) is 6.58 Å². The van der Waals surface area contributed by atoms with Crippen LogP contribution in [0.1, 0.15) is 19.7 Å². The first-order valence-electron chi connectivity index (χ1n) is 5.66. The summed E-state index contributed by atoms with van der Waals surface area (Å²) in [4.78, 5) is 8.41. The van der Waals surface area contributed by atoms with Gasteiger partial charge in [-0.05, 0) is 12.8 Å². The van der Waals surface area contributed by atoms with Crippen LogP contribution in [0.25, 0.3) is 0 Å². The Morgan fingerprint density at radius 2 is 2.18 bits per heavy atom. The monoisotopic (exact) mass is 236 g/mol. The molecule has 5 nitrogen and oxygen atoms in total. The minimum absolute atomic E-state index is 0.425. The molecule has 0 spiro atoms. The van der Waals surface area contributed by atoms with Gasteiger partial charge >= 0.3 is 0 Å². The summed E-state index contributed by atoms with van der Waals surface area (Å²) >= 11 is 0. The molecular weight excluding hydrogens is 216 g/mol. The summed E-state index contributed by atoms with van der Waals surface area (Å²) in [6, 6.07) is 0. The van der Waals surface area contributed by atoms with Gasteiger partial charge in [0.1, 0.15) is 11.5 Å². The summed E-state index contributed by atoms with van der Waals surface area (Å²) < 4.78 is 5.56. The molecule has 17 heavy (non-hydrogen) atoms. The van der Waals surface area contributed by atoms with Gasteiger partial charge in [-0.3, -0.25) is 0 Å². The zero-order chi connectivity index (χ0) is 12.8. The molecule has 1 aromatic heterocycles. The van der Waals surface area contributed by atoms with Crippen LogP contribution in [0.2, 0.25) is 0 Å². The molecule has 0 aliphatic heterocycles. The predicted molar refractivity (Wildman–Crippen MR) is 70.2 cm³/mol. The third-order valence-electron chi connectivity index (χ3n) is 1.99. The Bertz CT molecular complexity index is 390. The van der Waals surface area contributed by atoms with Crippen molar-refractivity contribution in [3.05, 3.63) is 18.5 Å². The highest BCUT2D eigenvalue weighted by Gasteiger charge is 2.11. The summed E-state index contributed by atoms with van der Waals surface area (Å²) in [6.07, 6.45) is 1.74. The number of hydrogen-bond donors (Lipinski definition) is 2. The average Bonchev–Trinajstić information content (AvgIpc) is 2.27. The molecule has 0 unspecified atom stereocenters. The van der Waals surface area contributed by atoms with Crippen molar-refractivity contribution < 1.29 is 4.74 Å². The molecule has 0 aliphatic carbocycles. The van der Waals surface area contributed by atoms with Crippen molar-refractivity contribution in [1.82, 2.24) is 9.97 Å². The number of anilines is 2. The molecule has 1 aromatic rings. The van der Waals surface area contributed by atoms with Crippen LogP contribution in [-0.2, 0) is 0 Å². The molecule has 3 N–H and O–H groups in total. The van der Waals surface area contributed by atoms with Crippen LogP contribution in [0.5, 0.6) is 5.88 Å². The fourth-order valence-corrected chi connectivity index (χ4v) is 1.21. The van der Waals surface area contributed by atoms with Gasteiger partial charge in [0.25, 0.3) is 0 Å². The molecule has 0 atom stereocenters. The summed E-state index contributed by atoms with van der Waals surface area (Å²) in [5.74, 6) is 2.09. The van der Waals surface area contributed by atoms with E-state index in [1.165, 1.54) is 0 Å². The Morgan fingerprint density at radius 3 is 2.76 bits per heavy atom. The number of nitrogens with one attached hydrogen (secondary N) is 1. The van der Waals surface area contributed by atoms with Crippen molar-refractivity contribution in [2.24, 2.45) is 5.92 Å². The number of nitrogens with zero attached hydrogens (tertiary/aromatic N) is 2. The molecule has 5 heteroatoms. The highest BCUT2D eigenvalue weighted by Crippen LogP contribution is 2.26. The Kier molecular flexibility index (Phi) is 4.75. The number of ether oxygens (including phenoxy) is 1. The van der Waals surface area contributed by atoms with Gasteiger partial charge < -0.3 is 15.8 Å². The number of nitrogen functional groups attached to an aromatic ring is 1. The lowest BCUT2D eigenvalue weighted by Gasteiger charge is -2.13. The first kappa shape index (κ1) is 13.3. The smallest absolute Gasteiger partial charge is 0.242 e. The highest BCUT2D eigenvalue weighted by molar-refractivity contribution is 5.67. The zero-order valence-corrected chi connectivity index (χ0v) is 10.7. The van der Waals surface area contributed by atoms with E-state index in [0.29, 0.717) is 42.3 Å². The van der Waals surface area contributed by atoms with Gasteiger partial charge in [0.15, 0.2) is 5.82 Å². The molecule has 0 amide bonds. The lowest BCUT2D eigenvalue weighted by Crippen LogP contribution is -2.12. The first-order chi connectivity index (χ1) is 8.04. The van der Waals surface area contributed by atoms with E-state index >= 15 is 0 Å². The number of hydrogen-bond acceptors (Lipinski definition) is 5. The van der Waals surface area contributed by atoms with Crippen LogP contribution in [0, 0.1) is 12.8 Å². The molecule has 0 fully saturated rings. The minimum Gasteiger partial charge on any atom is -0.476 e. The van der Waals surface area contributed by atoms with Gasteiger partial charge in [0.2, 0.25) is 5.88 Å². The van der Waals surface area contributed by atoms with E-state index in [4.69, 9.17) is 10.5 Å². The van der Waals surface area contributed by atoms with Gasteiger partial charge in [0.05, 0.1) is 6.61 Å². The molecule has 0 aliphatic rings. The van der Waals surface area contributed by atoms with Crippen molar-refractivity contribution in [3.8, 4) is 5.88 Å². The molecule has 0 radical (unpaired) electrons. The Balaban J connectivity index is 2.88. The molecule has 0 saturated carbocycles. The van der Waals surface area contributed by atoms with Gasteiger partial charge in [0, 0.05) is 6.54 Å². The SMILES string of the molecule is C=CCNc1nc(C)nc(OCC(C)C)c1N. The molecule has 1 heterocycles. The summed E-state index contributed by atoms with van der Waals surface area (Å²) in [5.41, 5.74) is 6.38. The molecule has 0 saturated heterocycles. The fraction of sp³-hybridized carbons (Fsp3) is 0.500. The molecule has 0 bridgehead atoms. The second kappa shape index (κ2) is 6.08. The van der Waals surface area contributed by atoms with Gasteiger partial charge in [-0.25, -0.2) is 4.98 Å². The van der Waals surface area contributed by atoms with Crippen LogP contribution in [0.3, 0.4) is 0 Å². The molecule has 0 aromatic carbocycles. The average molecular weight is 236 g/mol. The number of aromatic nitrogens is 2. The summed E-state index contributed by atoms with van der Waals surface area (Å²) in [5, 5.41) is 3.06. The number of nitrogens with two attached hydrogens (primary N) is 1. The quantitative estimate of drug-likeness (QED) is 0.739. The zero-order valence-electron chi connectivity index (χ0n) is 10.7. The normalized spacial score (nSPS) is 10.4. The Labute approximate surface area is 102 Å². The highest BCUT2D eigenvalue weighted by atomic mass is 16.5. The second-order valence-corrected chi connectivity index (χ2v) is 4.21. The van der Waals surface area contributed by atoms with Crippen molar-refractivity contribution >= 4 is 11.5 Å². The van der Waals surface area contributed by atoms with Crippen molar-refractivity contribution in [3.63, 3.8) is 0 Å². The van der Waals surface area contributed by atoms with Crippen LogP contribution in [0.4, 0.5) is 11.5 Å². The summed E-state index contributed by atoms with van der Waals surface area (Å²) in [7, 11) is 0. The first-order valence-corrected chi connectivity index (χ1v) is 5.66. The minimum atomic E-state index is 0.425. The maximum Gasteiger partial charge on any atom is 0.242 e. The predicted octanol–water partition coefficient (Wildman–Crippen LogP) is 2.00. The van der Waals surface area contributed by atoms with Crippen molar-refractivity contribution in [2.75, 3.05) is 24.2 Å². The van der Waals surface area contributed by atoms with E-state index in [1.54, 1.807) is 13.0 Å². The van der Waals surface area contributed by atoms with Crippen LogP contribution in [0.15, 0.2) is 12.7 Å². The van der Waals surface area contributed by atoms with E-state index < -0.39 is 0 Å². The fourth-order valence-electron chi connectivity index (χ4n) is 1.21. The number of rotatable bonds is 6. The Hall–Kier alpha value is -1.78. The maximum absolute atomic E-state index is 5.93. The van der Waals surface area contributed by atoms with Crippen molar-refractivity contribution in [2.45, 2.75) is 20.8 Å². The van der Waals surface area contributed by atoms with E-state index in [-0.39, 0.29) is 0 Å². The topological polar surface area (TPSA) is 73.1 Å². The number of aryl methyl sites for hydroxylation is 1. The van der Waals surface area contributed by atoms with E-state index in [2.05, 4.69) is 35.7 Å². The lowest BCUT2D eigenvalue weighted by atomic mass is 10.2. The maximum atomic E-state index is 5.93. The summed E-state index contributed by atoms with van der Waals surface area (Å²) in [6.45, 7) is 10.8. The van der Waals surface area contributed by atoms with E-state index in [9.17, 15) is 0 Å². The third-order valence-corrected chi connectivity index (χ3v) is 1.99. The largest absolute Gasteiger partial charge is 0.476 e. The molecular formula is C12H20N4O. The third kappa shape index (κ3) is 3.94. The lowest BCUT2D eigenvalue weighted by molar-refractivity contribution is 0.262. The van der Waals surface area contributed by atoms with Crippen LogP contribution < -0.4 is 15.8 Å². The standard InChI is InChI=1S/C12H20N4O/c1-5-6-14-11-10(13)12(16-9(4)15-11)17-7-8(2)3/h5,8H,1,6-7,13H2,2-4H3,(H,14,15,16). The van der Waals surface area contributed by atoms with Crippen LogP contribution >= 0.6 is 0 Å². The van der Waals surface area contributed by atoms with E-state index in [0.717, 1.165) is 0 Å². The van der Waals surface area contributed by atoms with Crippen LogP contribution in [-0.4, -0.2) is 23.1 Å². The molecule has 1 rings (SSSR count). The second-order valence-electron chi connectivity index (χ2n) is 4.21. The molecule has 94 valence electrons. The van der Waals surface area contributed by atoms with Gasteiger partial charge in [-0.2, -0.15) is 4.98 Å². The van der Waals surface area contributed by atoms with Gasteiger partial charge in [-0.1, -0.05) is 19.9 Å². The Morgan fingerprint density at radius 1 is 1.47 bits per heavy atom.